The van der Waals surface area contributed by atoms with Crippen molar-refractivity contribution >= 4 is 39.7 Å². The van der Waals surface area contributed by atoms with Gasteiger partial charge in [0.1, 0.15) is 0 Å². The molecule has 1 aliphatic rings. The summed E-state index contributed by atoms with van der Waals surface area (Å²) >= 11 is 5.32. The molecule has 6 nitrogen and oxygen atoms in total. The van der Waals surface area contributed by atoms with Gasteiger partial charge in [-0.2, -0.15) is 0 Å². The topological polar surface area (TPSA) is 85.9 Å². The van der Waals surface area contributed by atoms with Crippen LogP contribution in [0.5, 0.6) is 0 Å². The maximum absolute atomic E-state index is 13.7. The third-order valence-corrected chi connectivity index (χ3v) is 6.25. The summed E-state index contributed by atoms with van der Waals surface area (Å²) in [6, 6.07) is 13.2. The molecule has 1 aliphatic heterocycles. The highest BCUT2D eigenvalue weighted by Gasteiger charge is 2.50. The zero-order chi connectivity index (χ0) is 22.6. The number of nitrogens with two attached hydrogens (primary N) is 1. The molecule has 1 heterocycles. The minimum Gasteiger partial charge on any atom is -0.488 e. The molecule has 3 rings (SSSR count). The van der Waals surface area contributed by atoms with Crippen molar-refractivity contribution in [2.45, 2.75) is 57.7 Å². The number of nitrogens with one attached hydrogen (secondary N) is 1. The molecule has 0 spiro atoms. The number of thiocarbonyl (C=S) groups is 1. The van der Waals surface area contributed by atoms with Gasteiger partial charge in [0.25, 0.3) is 5.91 Å². The molecule has 0 aromatic heterocycles. The highest BCUT2D eigenvalue weighted by Crippen LogP contribution is 2.38. The Balaban J connectivity index is 2.00. The van der Waals surface area contributed by atoms with Crippen molar-refractivity contribution in [1.82, 2.24) is 5.32 Å². The van der Waals surface area contributed by atoms with Gasteiger partial charge >= 0.3 is 0 Å². The second kappa shape index (κ2) is 9.75. The molecule has 3 atom stereocenters. The Labute approximate surface area is 189 Å². The quantitative estimate of drug-likeness (QED) is 0.604. The molecular weight excluding hydrogens is 410 g/mol. The van der Waals surface area contributed by atoms with Gasteiger partial charge in [0.05, 0.1) is 18.9 Å². The monoisotopic (exact) mass is 441 g/mol. The summed E-state index contributed by atoms with van der Waals surface area (Å²) in [6.07, 6.45) is 1.80. The largest absolute Gasteiger partial charge is 0.488 e. The maximum atomic E-state index is 13.7. The number of fused-ring (bicyclic) bond motifs is 1. The molecule has 1 amide bonds. The van der Waals surface area contributed by atoms with E-state index in [4.69, 9.17) is 27.5 Å². The summed E-state index contributed by atoms with van der Waals surface area (Å²) in [7, 11) is 1.52. The lowest BCUT2D eigenvalue weighted by molar-refractivity contribution is -0.145. The van der Waals surface area contributed by atoms with Crippen molar-refractivity contribution in [3.8, 4) is 0 Å². The van der Waals surface area contributed by atoms with E-state index in [1.54, 1.807) is 0 Å². The first-order valence-electron chi connectivity index (χ1n) is 10.7. The van der Waals surface area contributed by atoms with Crippen molar-refractivity contribution in [3.63, 3.8) is 0 Å². The molecule has 166 valence electrons. The lowest BCUT2D eigenvalue weighted by atomic mass is 9.83. The fourth-order valence-corrected chi connectivity index (χ4v) is 4.00. The van der Waals surface area contributed by atoms with E-state index in [2.05, 4.69) is 10.5 Å². The molecule has 7 heteroatoms. The number of benzene rings is 2. The lowest BCUT2D eigenvalue weighted by Gasteiger charge is -2.29. The summed E-state index contributed by atoms with van der Waals surface area (Å²) in [6.45, 7) is 6.08. The van der Waals surface area contributed by atoms with Gasteiger partial charge in [-0.05, 0) is 41.4 Å². The molecule has 2 aromatic carbocycles. The Morgan fingerprint density at radius 1 is 1.29 bits per heavy atom. The molecule has 0 saturated heterocycles. The number of ether oxygens (including phenoxy) is 1. The number of rotatable bonds is 8. The van der Waals surface area contributed by atoms with E-state index in [1.807, 2.05) is 63.2 Å². The number of methoxy groups -OCH3 is 1. The number of nitrogens with zero attached hydrogens (tertiary/aromatic N) is 1. The lowest BCUT2D eigenvalue weighted by Crippen LogP contribution is -2.51. The van der Waals surface area contributed by atoms with Gasteiger partial charge in [0, 0.05) is 18.0 Å². The second-order valence-electron chi connectivity index (χ2n) is 8.35. The smallest absolute Gasteiger partial charge is 0.272 e. The van der Waals surface area contributed by atoms with Crippen LogP contribution in [0, 0.1) is 5.92 Å². The van der Waals surface area contributed by atoms with Crippen LogP contribution < -0.4 is 11.1 Å². The maximum Gasteiger partial charge on any atom is 0.272 e. The molecule has 0 radical (unpaired) electrons. The van der Waals surface area contributed by atoms with Crippen LogP contribution >= 0.6 is 12.2 Å². The van der Waals surface area contributed by atoms with Crippen LogP contribution in [-0.2, 0) is 20.0 Å². The SMILES string of the molecule is CCC[C@H](NC(=O)C1(c2ccc3ccccc3c2)CC([C@@H](N)C(C)C)=NO1)C(=S)OC. The van der Waals surface area contributed by atoms with E-state index in [0.29, 0.717) is 17.2 Å². The predicted molar refractivity (Wildman–Crippen MR) is 128 cm³/mol. The van der Waals surface area contributed by atoms with Crippen molar-refractivity contribution in [1.29, 1.82) is 0 Å². The van der Waals surface area contributed by atoms with Crippen LogP contribution in [-0.4, -0.2) is 35.9 Å². The summed E-state index contributed by atoms with van der Waals surface area (Å²) in [4.78, 5) is 19.6. The molecule has 0 aliphatic carbocycles. The highest BCUT2D eigenvalue weighted by atomic mass is 32.1. The van der Waals surface area contributed by atoms with Gasteiger partial charge in [-0.25, -0.2) is 0 Å². The van der Waals surface area contributed by atoms with Gasteiger partial charge in [-0.15, -0.1) is 0 Å². The van der Waals surface area contributed by atoms with Crippen LogP contribution in [0.15, 0.2) is 47.6 Å². The minimum atomic E-state index is -1.30. The minimum absolute atomic E-state index is 0.173. The van der Waals surface area contributed by atoms with E-state index >= 15 is 0 Å². The number of carbonyl (C=O) groups is 1. The van der Waals surface area contributed by atoms with Crippen LogP contribution in [0.3, 0.4) is 0 Å². The van der Waals surface area contributed by atoms with Gasteiger partial charge < -0.3 is 20.6 Å². The number of carbonyl (C=O) groups excluding carboxylic acids is 1. The van der Waals surface area contributed by atoms with E-state index in [-0.39, 0.29) is 30.3 Å². The third-order valence-electron chi connectivity index (χ3n) is 5.80. The Kier molecular flexibility index (Phi) is 7.28. The zero-order valence-corrected chi connectivity index (χ0v) is 19.4. The fourth-order valence-electron chi connectivity index (χ4n) is 3.82. The van der Waals surface area contributed by atoms with Gasteiger partial charge in [-0.3, -0.25) is 4.79 Å². The average Bonchev–Trinajstić information content (AvgIpc) is 3.24. The second-order valence-corrected chi connectivity index (χ2v) is 8.75. The highest BCUT2D eigenvalue weighted by molar-refractivity contribution is 7.80. The Morgan fingerprint density at radius 2 is 2.00 bits per heavy atom. The third kappa shape index (κ3) is 4.72. The fraction of sp³-hybridized carbons (Fsp3) is 0.458. The van der Waals surface area contributed by atoms with Crippen LogP contribution in [0.2, 0.25) is 0 Å². The zero-order valence-electron chi connectivity index (χ0n) is 18.6. The number of oxime groups is 1. The number of amides is 1. The van der Waals surface area contributed by atoms with E-state index in [1.165, 1.54) is 7.11 Å². The van der Waals surface area contributed by atoms with Crippen molar-refractivity contribution in [2.24, 2.45) is 16.8 Å². The molecule has 3 N–H and O–H groups in total. The van der Waals surface area contributed by atoms with Crippen molar-refractivity contribution in [2.75, 3.05) is 7.11 Å². The van der Waals surface area contributed by atoms with Crippen molar-refractivity contribution in [3.05, 3.63) is 48.0 Å². The summed E-state index contributed by atoms with van der Waals surface area (Å²) in [5.74, 6) is -0.123. The molecule has 0 saturated carbocycles. The summed E-state index contributed by atoms with van der Waals surface area (Å²) in [5.41, 5.74) is 6.46. The van der Waals surface area contributed by atoms with Crippen LogP contribution in [0.4, 0.5) is 0 Å². The van der Waals surface area contributed by atoms with Gasteiger partial charge in [0.2, 0.25) is 5.60 Å². The van der Waals surface area contributed by atoms with Gasteiger partial charge in [0.15, 0.2) is 5.05 Å². The molecule has 2 aromatic rings. The normalized spacial score (nSPS) is 20.1. The van der Waals surface area contributed by atoms with Gasteiger partial charge in [-0.1, -0.05) is 68.7 Å². The van der Waals surface area contributed by atoms with E-state index < -0.39 is 5.60 Å². The van der Waals surface area contributed by atoms with E-state index in [9.17, 15) is 4.79 Å². The molecule has 0 bridgehead atoms. The first-order chi connectivity index (χ1) is 14.8. The first-order valence-corrected chi connectivity index (χ1v) is 11.1. The average molecular weight is 442 g/mol. The number of hydrogen-bond acceptors (Lipinski definition) is 6. The summed E-state index contributed by atoms with van der Waals surface area (Å²) < 4.78 is 5.24. The Morgan fingerprint density at radius 3 is 2.65 bits per heavy atom. The number of hydrogen-bond donors (Lipinski definition) is 2. The Bertz CT molecular complexity index is 991. The standard InChI is InChI=1S/C24H31N3O3S/c1-5-8-19(22(31)29-4)26-23(28)24(14-20(27-30-24)21(25)15(2)3)18-12-11-16-9-6-7-10-17(16)13-18/h6-7,9-13,15,19,21H,5,8,14,25H2,1-4H3,(H,26,28)/t19-,21-,24?/m0/s1. The predicted octanol–water partition coefficient (Wildman–Crippen LogP) is 4.05. The molecule has 0 fully saturated rings. The van der Waals surface area contributed by atoms with Crippen LogP contribution in [0.1, 0.15) is 45.6 Å². The van der Waals surface area contributed by atoms with Crippen LogP contribution in [0.25, 0.3) is 10.8 Å². The van der Waals surface area contributed by atoms with Crippen molar-refractivity contribution < 1.29 is 14.4 Å². The summed E-state index contributed by atoms with van der Waals surface area (Å²) in [5, 5.41) is 9.77. The van der Waals surface area contributed by atoms with E-state index in [0.717, 1.165) is 22.8 Å². The molecule has 1 unspecified atom stereocenters. The molecule has 31 heavy (non-hydrogen) atoms. The first kappa shape index (κ1) is 23.2. The molecular formula is C24H31N3O3S. The Hall–Kier alpha value is -2.51.